The number of benzene rings is 1. The maximum atomic E-state index is 12.5. The first-order valence-corrected chi connectivity index (χ1v) is 8.98. The zero-order chi connectivity index (χ0) is 18.8. The maximum absolute atomic E-state index is 12.5. The number of carbonyl (C=O) groups is 3. The third-order valence-electron chi connectivity index (χ3n) is 3.97. The van der Waals surface area contributed by atoms with E-state index in [0.717, 1.165) is 11.1 Å². The molecule has 0 radical (unpaired) electrons. The molecule has 2 aromatic rings. The number of thiazole rings is 1. The fraction of sp³-hybridized carbons (Fsp3) is 0.278. The molecule has 7 nitrogen and oxygen atoms in total. The highest BCUT2D eigenvalue weighted by Gasteiger charge is 2.27. The van der Waals surface area contributed by atoms with E-state index in [1.807, 2.05) is 32.0 Å². The van der Waals surface area contributed by atoms with E-state index in [1.54, 1.807) is 5.38 Å². The van der Waals surface area contributed by atoms with Crippen molar-refractivity contribution in [1.29, 1.82) is 0 Å². The quantitative estimate of drug-likeness (QED) is 0.837. The zero-order valence-electron chi connectivity index (χ0n) is 14.7. The molecule has 0 fully saturated rings. The van der Waals surface area contributed by atoms with Crippen LogP contribution in [0, 0.1) is 13.8 Å². The predicted octanol–water partition coefficient (Wildman–Crippen LogP) is 3.08. The van der Waals surface area contributed by atoms with Crippen molar-refractivity contribution < 1.29 is 14.4 Å². The van der Waals surface area contributed by atoms with Crippen LogP contribution < -0.4 is 10.3 Å². The number of nitrogens with zero attached hydrogens (tertiary/aromatic N) is 3. The average Bonchev–Trinajstić information content (AvgIpc) is 3.06. The molecule has 0 atom stereocenters. The van der Waals surface area contributed by atoms with Gasteiger partial charge in [-0.05, 0) is 31.0 Å². The van der Waals surface area contributed by atoms with Gasteiger partial charge >= 0.3 is 0 Å². The van der Waals surface area contributed by atoms with E-state index in [1.165, 1.54) is 23.3 Å². The lowest BCUT2D eigenvalue weighted by Crippen LogP contribution is -2.36. The first-order chi connectivity index (χ1) is 12.3. The van der Waals surface area contributed by atoms with Crippen molar-refractivity contribution in [2.24, 2.45) is 5.10 Å². The predicted molar refractivity (Wildman–Crippen MR) is 101 cm³/mol. The van der Waals surface area contributed by atoms with Crippen LogP contribution in [0.1, 0.15) is 41.4 Å². The molecule has 1 aromatic heterocycles. The second-order valence-corrected chi connectivity index (χ2v) is 6.95. The van der Waals surface area contributed by atoms with Gasteiger partial charge in [0.25, 0.3) is 5.91 Å². The molecule has 1 N–H and O–H groups in total. The molecule has 134 valence electrons. The summed E-state index contributed by atoms with van der Waals surface area (Å²) in [5.74, 6) is -0.732. The lowest BCUT2D eigenvalue weighted by Gasteiger charge is -2.24. The summed E-state index contributed by atoms with van der Waals surface area (Å²) in [5.41, 5.74) is 3.14. The van der Waals surface area contributed by atoms with Crippen LogP contribution in [0.5, 0.6) is 0 Å². The van der Waals surface area contributed by atoms with Gasteiger partial charge < -0.3 is 0 Å². The summed E-state index contributed by atoms with van der Waals surface area (Å²) in [6.45, 7) is 5.24. The van der Waals surface area contributed by atoms with Gasteiger partial charge in [0.05, 0.1) is 5.69 Å². The standard InChI is InChI=1S/C18H18N4O3S/c1-10-4-5-11(2)15(8-10)22-16(24)7-6-13(21-22)17(25)20-18-19-14(9-26-18)12(3)23/h4-5,8-9H,6-7H2,1-3H3,(H,19,20,25). The van der Waals surface area contributed by atoms with E-state index in [2.05, 4.69) is 15.4 Å². The summed E-state index contributed by atoms with van der Waals surface area (Å²) < 4.78 is 0. The van der Waals surface area contributed by atoms with Gasteiger partial charge in [0.2, 0.25) is 5.91 Å². The molecule has 0 saturated heterocycles. The fourth-order valence-corrected chi connectivity index (χ4v) is 3.26. The van der Waals surface area contributed by atoms with Crippen LogP contribution in [0.4, 0.5) is 10.8 Å². The van der Waals surface area contributed by atoms with Gasteiger partial charge in [0.1, 0.15) is 11.4 Å². The number of hydrazone groups is 1. The van der Waals surface area contributed by atoms with Gasteiger partial charge in [-0.15, -0.1) is 11.3 Å². The minimum atomic E-state index is -0.419. The van der Waals surface area contributed by atoms with Gasteiger partial charge in [-0.25, -0.2) is 9.99 Å². The Hall–Kier alpha value is -2.87. The summed E-state index contributed by atoms with van der Waals surface area (Å²) in [6, 6.07) is 5.75. The lowest BCUT2D eigenvalue weighted by molar-refractivity contribution is -0.118. The average molecular weight is 370 g/mol. The van der Waals surface area contributed by atoms with E-state index in [4.69, 9.17) is 0 Å². The number of anilines is 2. The second-order valence-electron chi connectivity index (χ2n) is 6.09. The normalized spacial score (nSPS) is 14.2. The molecule has 2 amide bonds. The summed E-state index contributed by atoms with van der Waals surface area (Å²) in [5, 5.41) is 10.1. The van der Waals surface area contributed by atoms with E-state index in [9.17, 15) is 14.4 Å². The molecule has 1 aliphatic heterocycles. The number of rotatable bonds is 4. The van der Waals surface area contributed by atoms with Crippen molar-refractivity contribution >= 4 is 45.5 Å². The highest BCUT2D eigenvalue weighted by atomic mass is 32.1. The fourth-order valence-electron chi connectivity index (χ4n) is 2.51. The first kappa shape index (κ1) is 17.9. The summed E-state index contributed by atoms with van der Waals surface area (Å²) >= 11 is 1.17. The largest absolute Gasteiger partial charge is 0.297 e. The second kappa shape index (κ2) is 7.17. The number of hydrogen-bond acceptors (Lipinski definition) is 6. The number of aryl methyl sites for hydroxylation is 2. The van der Waals surface area contributed by atoms with E-state index in [0.29, 0.717) is 16.5 Å². The smallest absolute Gasteiger partial charge is 0.273 e. The molecule has 1 aromatic carbocycles. The van der Waals surface area contributed by atoms with Gasteiger partial charge in [-0.3, -0.25) is 19.7 Å². The van der Waals surface area contributed by atoms with Gasteiger partial charge in [-0.1, -0.05) is 12.1 Å². The molecular weight excluding hydrogens is 352 g/mol. The molecule has 0 aliphatic carbocycles. The van der Waals surface area contributed by atoms with Crippen LogP contribution in [0.15, 0.2) is 28.7 Å². The number of carbonyl (C=O) groups excluding carboxylic acids is 3. The Balaban J connectivity index is 1.84. The Morgan fingerprint density at radius 1 is 1.23 bits per heavy atom. The number of aromatic nitrogens is 1. The number of ketones is 1. The maximum Gasteiger partial charge on any atom is 0.273 e. The number of Topliss-reactive ketones (excluding diaryl/α,β-unsaturated/α-hetero) is 1. The molecule has 1 aliphatic rings. The van der Waals surface area contributed by atoms with Gasteiger partial charge in [-0.2, -0.15) is 5.10 Å². The first-order valence-electron chi connectivity index (χ1n) is 8.10. The topological polar surface area (TPSA) is 91.7 Å². The van der Waals surface area contributed by atoms with E-state index in [-0.39, 0.29) is 30.2 Å². The van der Waals surface area contributed by atoms with Crippen molar-refractivity contribution in [3.8, 4) is 0 Å². The highest BCUT2D eigenvalue weighted by Crippen LogP contribution is 2.26. The zero-order valence-corrected chi connectivity index (χ0v) is 15.5. The van der Waals surface area contributed by atoms with Crippen molar-refractivity contribution in [3.05, 3.63) is 40.4 Å². The van der Waals surface area contributed by atoms with E-state index < -0.39 is 5.91 Å². The third-order valence-corrected chi connectivity index (χ3v) is 4.73. The highest BCUT2D eigenvalue weighted by molar-refractivity contribution is 7.14. The molecular formula is C18H18N4O3S. The molecule has 8 heteroatoms. The summed E-state index contributed by atoms with van der Waals surface area (Å²) in [7, 11) is 0. The van der Waals surface area contributed by atoms with Gasteiger partial charge in [0.15, 0.2) is 10.9 Å². The Morgan fingerprint density at radius 2 is 2.00 bits per heavy atom. The van der Waals surface area contributed by atoms with Crippen LogP contribution >= 0.6 is 11.3 Å². The van der Waals surface area contributed by atoms with Crippen molar-refractivity contribution in [2.75, 3.05) is 10.3 Å². The molecule has 0 spiro atoms. The Kier molecular flexibility index (Phi) is 4.94. The number of amides is 2. The summed E-state index contributed by atoms with van der Waals surface area (Å²) in [6.07, 6.45) is 0.465. The third kappa shape index (κ3) is 3.70. The van der Waals surface area contributed by atoms with Crippen LogP contribution in [-0.2, 0) is 9.59 Å². The van der Waals surface area contributed by atoms with E-state index >= 15 is 0 Å². The molecule has 2 heterocycles. The Labute approximate surface area is 154 Å². The Bertz CT molecular complexity index is 932. The van der Waals surface area contributed by atoms with Crippen molar-refractivity contribution in [1.82, 2.24) is 4.98 Å². The molecule has 0 saturated carbocycles. The van der Waals surface area contributed by atoms with Crippen molar-refractivity contribution in [2.45, 2.75) is 33.6 Å². The minimum absolute atomic E-state index is 0.150. The number of hydrogen-bond donors (Lipinski definition) is 1. The van der Waals surface area contributed by atoms with Crippen molar-refractivity contribution in [3.63, 3.8) is 0 Å². The summed E-state index contributed by atoms with van der Waals surface area (Å²) in [4.78, 5) is 40.2. The number of nitrogens with one attached hydrogen (secondary N) is 1. The van der Waals surface area contributed by atoms with Gasteiger partial charge in [0, 0.05) is 25.1 Å². The minimum Gasteiger partial charge on any atom is -0.297 e. The van der Waals surface area contributed by atoms with Crippen LogP contribution in [0.25, 0.3) is 0 Å². The molecule has 0 bridgehead atoms. The van der Waals surface area contributed by atoms with Crippen LogP contribution in [-0.4, -0.2) is 28.3 Å². The SMILES string of the molecule is CC(=O)c1csc(NC(=O)C2=NN(c3cc(C)ccc3C)C(=O)CC2)n1. The monoisotopic (exact) mass is 370 g/mol. The molecule has 0 unspecified atom stereocenters. The molecule has 26 heavy (non-hydrogen) atoms. The lowest BCUT2D eigenvalue weighted by atomic mass is 10.1. The molecule has 3 rings (SSSR count). The Morgan fingerprint density at radius 3 is 2.69 bits per heavy atom. The van der Waals surface area contributed by atoms with Crippen LogP contribution in [0.2, 0.25) is 0 Å². The van der Waals surface area contributed by atoms with Crippen LogP contribution in [0.3, 0.4) is 0 Å².